The standard InChI is InChI=1S/C19H30N2O.ClH/c1-19(2,3)14-17(16-7-5-4-6-8-16)21-18(22)13-15-9-11-20-12-10-15;/h4-8,15,17,20H,9-14H2,1-3H3,(H,21,22);1H. The van der Waals surface area contributed by atoms with Gasteiger partial charge in [0.25, 0.3) is 0 Å². The molecule has 0 radical (unpaired) electrons. The summed E-state index contributed by atoms with van der Waals surface area (Å²) in [7, 11) is 0. The van der Waals surface area contributed by atoms with Crippen molar-refractivity contribution >= 4 is 18.3 Å². The molecule has 1 heterocycles. The maximum absolute atomic E-state index is 12.4. The third kappa shape index (κ3) is 7.36. The quantitative estimate of drug-likeness (QED) is 0.849. The molecule has 130 valence electrons. The number of hydrogen-bond acceptors (Lipinski definition) is 2. The summed E-state index contributed by atoms with van der Waals surface area (Å²) in [5.74, 6) is 0.734. The molecule has 1 amide bonds. The summed E-state index contributed by atoms with van der Waals surface area (Å²) in [6, 6.07) is 10.4. The fourth-order valence-electron chi connectivity index (χ4n) is 3.15. The maximum Gasteiger partial charge on any atom is 0.220 e. The van der Waals surface area contributed by atoms with Crippen molar-refractivity contribution in [2.45, 2.75) is 52.5 Å². The number of halogens is 1. The topological polar surface area (TPSA) is 41.1 Å². The van der Waals surface area contributed by atoms with E-state index in [1.54, 1.807) is 0 Å². The van der Waals surface area contributed by atoms with E-state index in [2.05, 4.69) is 43.5 Å². The van der Waals surface area contributed by atoms with Gasteiger partial charge in [-0.25, -0.2) is 0 Å². The van der Waals surface area contributed by atoms with Crippen LogP contribution < -0.4 is 10.6 Å². The third-order valence-corrected chi connectivity index (χ3v) is 4.29. The highest BCUT2D eigenvalue weighted by Crippen LogP contribution is 2.29. The van der Waals surface area contributed by atoms with Crippen LogP contribution in [0.25, 0.3) is 0 Å². The summed E-state index contributed by atoms with van der Waals surface area (Å²) >= 11 is 0. The molecule has 0 aliphatic carbocycles. The Hall–Kier alpha value is -1.06. The zero-order valence-electron chi connectivity index (χ0n) is 14.6. The molecule has 1 aromatic carbocycles. The highest BCUT2D eigenvalue weighted by atomic mass is 35.5. The number of benzene rings is 1. The van der Waals surface area contributed by atoms with E-state index in [1.165, 1.54) is 5.56 Å². The summed E-state index contributed by atoms with van der Waals surface area (Å²) in [5, 5.41) is 6.63. The summed E-state index contributed by atoms with van der Waals surface area (Å²) in [4.78, 5) is 12.4. The second-order valence-electron chi connectivity index (χ2n) is 7.69. The molecule has 1 saturated heterocycles. The summed E-state index contributed by atoms with van der Waals surface area (Å²) < 4.78 is 0. The number of nitrogens with one attached hydrogen (secondary N) is 2. The van der Waals surface area contributed by atoms with Crippen molar-refractivity contribution in [1.29, 1.82) is 0 Å². The number of amides is 1. The van der Waals surface area contributed by atoms with Gasteiger partial charge in [0.15, 0.2) is 0 Å². The van der Waals surface area contributed by atoms with E-state index in [9.17, 15) is 4.79 Å². The molecule has 0 bridgehead atoms. The van der Waals surface area contributed by atoms with Crippen molar-refractivity contribution in [3.8, 4) is 0 Å². The highest BCUT2D eigenvalue weighted by molar-refractivity contribution is 5.85. The molecule has 0 saturated carbocycles. The maximum atomic E-state index is 12.4. The lowest BCUT2D eigenvalue weighted by atomic mass is 9.85. The van der Waals surface area contributed by atoms with Crippen LogP contribution >= 0.6 is 12.4 Å². The lowest BCUT2D eigenvalue weighted by Crippen LogP contribution is -2.35. The Morgan fingerprint density at radius 3 is 2.39 bits per heavy atom. The molecular weight excluding hydrogens is 308 g/mol. The molecule has 1 unspecified atom stereocenters. The van der Waals surface area contributed by atoms with Gasteiger partial charge >= 0.3 is 0 Å². The Morgan fingerprint density at radius 2 is 1.83 bits per heavy atom. The number of rotatable bonds is 5. The number of carbonyl (C=O) groups is 1. The minimum absolute atomic E-state index is 0. The van der Waals surface area contributed by atoms with Crippen LogP contribution in [-0.2, 0) is 4.79 Å². The minimum atomic E-state index is 0. The van der Waals surface area contributed by atoms with Gasteiger partial charge in [0, 0.05) is 6.42 Å². The molecule has 1 atom stereocenters. The number of hydrogen-bond donors (Lipinski definition) is 2. The van der Waals surface area contributed by atoms with E-state index in [0.717, 1.165) is 32.4 Å². The van der Waals surface area contributed by atoms with Crippen LogP contribution in [0.1, 0.15) is 58.1 Å². The zero-order chi connectivity index (χ0) is 16.0. The predicted octanol–water partition coefficient (Wildman–Crippen LogP) is 4.09. The van der Waals surface area contributed by atoms with E-state index < -0.39 is 0 Å². The molecule has 1 aliphatic heterocycles. The van der Waals surface area contributed by atoms with Gasteiger partial charge in [-0.15, -0.1) is 12.4 Å². The van der Waals surface area contributed by atoms with E-state index >= 15 is 0 Å². The number of piperidine rings is 1. The molecule has 4 heteroatoms. The van der Waals surface area contributed by atoms with Gasteiger partial charge in [0.05, 0.1) is 6.04 Å². The first kappa shape index (κ1) is 20.0. The average molecular weight is 339 g/mol. The zero-order valence-corrected chi connectivity index (χ0v) is 15.4. The largest absolute Gasteiger partial charge is 0.349 e. The summed E-state index contributed by atoms with van der Waals surface area (Å²) in [5.41, 5.74) is 1.39. The van der Waals surface area contributed by atoms with Gasteiger partial charge in [-0.3, -0.25) is 4.79 Å². The first-order valence-electron chi connectivity index (χ1n) is 8.49. The van der Waals surface area contributed by atoms with E-state index in [0.29, 0.717) is 12.3 Å². The van der Waals surface area contributed by atoms with Crippen LogP contribution in [0.5, 0.6) is 0 Å². The van der Waals surface area contributed by atoms with E-state index in [1.807, 2.05) is 18.2 Å². The van der Waals surface area contributed by atoms with E-state index in [4.69, 9.17) is 0 Å². The molecule has 2 rings (SSSR count). The Kier molecular flexibility index (Phi) is 8.07. The van der Waals surface area contributed by atoms with Crippen LogP contribution in [0, 0.1) is 11.3 Å². The molecule has 23 heavy (non-hydrogen) atoms. The lowest BCUT2D eigenvalue weighted by molar-refractivity contribution is -0.123. The van der Waals surface area contributed by atoms with Crippen molar-refractivity contribution in [3.63, 3.8) is 0 Å². The minimum Gasteiger partial charge on any atom is -0.349 e. The first-order valence-corrected chi connectivity index (χ1v) is 8.49. The third-order valence-electron chi connectivity index (χ3n) is 4.29. The molecular formula is C19H31ClN2O. The smallest absolute Gasteiger partial charge is 0.220 e. The molecule has 2 N–H and O–H groups in total. The fraction of sp³-hybridized carbons (Fsp3) is 0.632. The number of carbonyl (C=O) groups excluding carboxylic acids is 1. The van der Waals surface area contributed by atoms with Gasteiger partial charge in [-0.05, 0) is 49.2 Å². The fourth-order valence-corrected chi connectivity index (χ4v) is 3.15. The molecule has 1 aromatic rings. The second kappa shape index (κ2) is 9.29. The molecule has 0 spiro atoms. The normalized spacial score (nSPS) is 17.2. The van der Waals surface area contributed by atoms with Crippen molar-refractivity contribution in [2.24, 2.45) is 11.3 Å². The molecule has 3 nitrogen and oxygen atoms in total. The van der Waals surface area contributed by atoms with Crippen molar-refractivity contribution in [3.05, 3.63) is 35.9 Å². The predicted molar refractivity (Wildman–Crippen MR) is 98.9 cm³/mol. The van der Waals surface area contributed by atoms with Gasteiger partial charge in [-0.2, -0.15) is 0 Å². The Labute approximate surface area is 147 Å². The Morgan fingerprint density at radius 1 is 1.22 bits per heavy atom. The first-order chi connectivity index (χ1) is 10.4. The Bertz CT molecular complexity index is 464. The van der Waals surface area contributed by atoms with Crippen molar-refractivity contribution in [1.82, 2.24) is 10.6 Å². The lowest BCUT2D eigenvalue weighted by Gasteiger charge is -2.28. The second-order valence-corrected chi connectivity index (χ2v) is 7.69. The Balaban J connectivity index is 0.00000264. The van der Waals surface area contributed by atoms with E-state index in [-0.39, 0.29) is 29.8 Å². The molecule has 1 aliphatic rings. The van der Waals surface area contributed by atoms with Crippen molar-refractivity contribution < 1.29 is 4.79 Å². The van der Waals surface area contributed by atoms with Crippen LogP contribution in [-0.4, -0.2) is 19.0 Å². The van der Waals surface area contributed by atoms with Gasteiger partial charge in [0.2, 0.25) is 5.91 Å². The van der Waals surface area contributed by atoms with Gasteiger partial charge < -0.3 is 10.6 Å². The molecule has 1 fully saturated rings. The summed E-state index contributed by atoms with van der Waals surface area (Å²) in [6.45, 7) is 8.76. The molecule has 0 aromatic heterocycles. The van der Waals surface area contributed by atoms with Crippen LogP contribution in [0.15, 0.2) is 30.3 Å². The van der Waals surface area contributed by atoms with Crippen LogP contribution in [0.4, 0.5) is 0 Å². The van der Waals surface area contributed by atoms with Gasteiger partial charge in [-0.1, -0.05) is 51.1 Å². The monoisotopic (exact) mass is 338 g/mol. The van der Waals surface area contributed by atoms with Crippen LogP contribution in [0.2, 0.25) is 0 Å². The highest BCUT2D eigenvalue weighted by Gasteiger charge is 2.23. The summed E-state index contributed by atoms with van der Waals surface area (Å²) in [6.07, 6.45) is 3.84. The SMILES string of the molecule is CC(C)(C)CC(NC(=O)CC1CCNCC1)c1ccccc1.Cl. The van der Waals surface area contributed by atoms with Crippen LogP contribution in [0.3, 0.4) is 0 Å². The average Bonchev–Trinajstić information content (AvgIpc) is 2.47. The van der Waals surface area contributed by atoms with Gasteiger partial charge in [0.1, 0.15) is 0 Å². The van der Waals surface area contributed by atoms with Crippen molar-refractivity contribution in [2.75, 3.05) is 13.1 Å².